The standard InChI is InChI=1S/C27H21N3O2S/c1-32-23-11-12-24-21(16-23)15-22(26(31)29-24)17-33-27-28-14-13-25(30-27)20-9-7-19(8-10-20)18-5-3-2-4-6-18/h2-16H,17H2,1H3,(H,29,31). The average Bonchev–Trinajstić information content (AvgIpc) is 2.88. The largest absolute Gasteiger partial charge is 0.497 e. The van der Waals surface area contributed by atoms with Crippen molar-refractivity contribution in [2.45, 2.75) is 10.9 Å². The van der Waals surface area contributed by atoms with Crippen LogP contribution in [0.3, 0.4) is 0 Å². The van der Waals surface area contributed by atoms with Crippen LogP contribution in [0.2, 0.25) is 0 Å². The van der Waals surface area contributed by atoms with E-state index >= 15 is 0 Å². The third-order valence-corrected chi connectivity index (χ3v) is 6.32. The van der Waals surface area contributed by atoms with Gasteiger partial charge in [-0.2, -0.15) is 0 Å². The molecular weight excluding hydrogens is 430 g/mol. The van der Waals surface area contributed by atoms with E-state index in [1.807, 2.05) is 48.5 Å². The maximum Gasteiger partial charge on any atom is 0.252 e. The zero-order valence-corrected chi connectivity index (χ0v) is 18.8. The molecule has 5 nitrogen and oxygen atoms in total. The van der Waals surface area contributed by atoms with Crippen molar-refractivity contribution >= 4 is 22.7 Å². The van der Waals surface area contributed by atoms with Crippen LogP contribution in [-0.2, 0) is 5.75 Å². The molecule has 0 radical (unpaired) electrons. The summed E-state index contributed by atoms with van der Waals surface area (Å²) in [6.07, 6.45) is 1.76. The first-order valence-electron chi connectivity index (χ1n) is 10.5. The molecule has 0 aliphatic heterocycles. The van der Waals surface area contributed by atoms with Gasteiger partial charge in [-0.05, 0) is 41.5 Å². The Kier molecular flexibility index (Phi) is 5.91. The number of benzene rings is 3. The number of ether oxygens (including phenoxy) is 1. The minimum absolute atomic E-state index is 0.104. The lowest BCUT2D eigenvalue weighted by Crippen LogP contribution is -2.11. The second-order valence-corrected chi connectivity index (χ2v) is 8.48. The molecule has 0 spiro atoms. The topological polar surface area (TPSA) is 67.9 Å². The third-order valence-electron chi connectivity index (χ3n) is 5.41. The Balaban J connectivity index is 1.35. The summed E-state index contributed by atoms with van der Waals surface area (Å²) in [5.41, 5.74) is 5.57. The normalized spacial score (nSPS) is 10.9. The number of rotatable bonds is 6. The summed E-state index contributed by atoms with van der Waals surface area (Å²) >= 11 is 1.44. The molecule has 3 aromatic carbocycles. The molecule has 0 atom stereocenters. The van der Waals surface area contributed by atoms with Gasteiger partial charge in [0.25, 0.3) is 5.56 Å². The van der Waals surface area contributed by atoms with Crippen LogP contribution in [0.1, 0.15) is 5.56 Å². The van der Waals surface area contributed by atoms with Gasteiger partial charge < -0.3 is 9.72 Å². The molecule has 2 heterocycles. The molecule has 1 N–H and O–H groups in total. The monoisotopic (exact) mass is 451 g/mol. The van der Waals surface area contributed by atoms with Gasteiger partial charge in [0, 0.05) is 34.0 Å². The lowest BCUT2D eigenvalue weighted by molar-refractivity contribution is 0.415. The van der Waals surface area contributed by atoms with E-state index in [0.29, 0.717) is 16.5 Å². The number of nitrogens with zero attached hydrogens (tertiary/aromatic N) is 2. The van der Waals surface area contributed by atoms with Gasteiger partial charge in [-0.15, -0.1) is 0 Å². The van der Waals surface area contributed by atoms with Crippen molar-refractivity contribution in [3.05, 3.63) is 107 Å². The number of pyridine rings is 1. The van der Waals surface area contributed by atoms with Crippen LogP contribution < -0.4 is 10.3 Å². The Hall–Kier alpha value is -3.90. The number of aromatic nitrogens is 3. The van der Waals surface area contributed by atoms with Gasteiger partial charge in [0.05, 0.1) is 12.8 Å². The minimum Gasteiger partial charge on any atom is -0.497 e. The van der Waals surface area contributed by atoms with Crippen molar-refractivity contribution in [3.8, 4) is 28.1 Å². The fraction of sp³-hybridized carbons (Fsp3) is 0.0741. The Labute approximate surface area is 195 Å². The van der Waals surface area contributed by atoms with Crippen LogP contribution in [0, 0.1) is 0 Å². The molecule has 0 fully saturated rings. The first kappa shape index (κ1) is 21.0. The van der Waals surface area contributed by atoms with Crippen LogP contribution in [0.15, 0.2) is 101 Å². The SMILES string of the molecule is COc1ccc2[nH]c(=O)c(CSc3nccc(-c4ccc(-c5ccccc5)cc4)n3)cc2c1. The number of thioether (sulfide) groups is 1. The maximum absolute atomic E-state index is 12.5. The number of H-pyrrole nitrogens is 1. The van der Waals surface area contributed by atoms with Crippen molar-refractivity contribution < 1.29 is 4.74 Å². The van der Waals surface area contributed by atoms with Gasteiger partial charge in [0.1, 0.15) is 5.75 Å². The molecule has 2 aromatic heterocycles. The van der Waals surface area contributed by atoms with Gasteiger partial charge in [-0.3, -0.25) is 4.79 Å². The van der Waals surface area contributed by atoms with E-state index in [-0.39, 0.29) is 5.56 Å². The van der Waals surface area contributed by atoms with Gasteiger partial charge >= 0.3 is 0 Å². The van der Waals surface area contributed by atoms with Crippen LogP contribution >= 0.6 is 11.8 Å². The van der Waals surface area contributed by atoms with Crippen molar-refractivity contribution in [1.82, 2.24) is 15.0 Å². The summed E-state index contributed by atoms with van der Waals surface area (Å²) in [4.78, 5) is 24.5. The summed E-state index contributed by atoms with van der Waals surface area (Å²) in [5, 5.41) is 1.56. The number of hydrogen-bond acceptors (Lipinski definition) is 5. The number of nitrogens with one attached hydrogen (secondary N) is 1. The molecule has 0 saturated heterocycles. The zero-order valence-electron chi connectivity index (χ0n) is 18.0. The third kappa shape index (κ3) is 4.66. The van der Waals surface area contributed by atoms with Crippen LogP contribution in [-0.4, -0.2) is 22.1 Å². The predicted molar refractivity (Wildman–Crippen MR) is 134 cm³/mol. The Bertz CT molecular complexity index is 1470. The first-order valence-corrected chi connectivity index (χ1v) is 11.5. The van der Waals surface area contributed by atoms with Gasteiger partial charge in [-0.1, -0.05) is 66.4 Å². The highest BCUT2D eigenvalue weighted by molar-refractivity contribution is 7.98. The van der Waals surface area contributed by atoms with E-state index < -0.39 is 0 Å². The van der Waals surface area contributed by atoms with Gasteiger partial charge in [0.15, 0.2) is 5.16 Å². The molecule has 0 aliphatic carbocycles. The summed E-state index contributed by atoms with van der Waals surface area (Å²) in [7, 11) is 1.63. The minimum atomic E-state index is -0.104. The quantitative estimate of drug-likeness (QED) is 0.255. The van der Waals surface area contributed by atoms with Gasteiger partial charge in [0.2, 0.25) is 0 Å². The predicted octanol–water partition coefficient (Wildman–Crippen LogP) is 5.95. The first-order chi connectivity index (χ1) is 16.2. The summed E-state index contributed by atoms with van der Waals surface area (Å²) in [6.45, 7) is 0. The van der Waals surface area contributed by atoms with E-state index in [9.17, 15) is 4.79 Å². The molecule has 33 heavy (non-hydrogen) atoms. The Morgan fingerprint density at radius 3 is 2.42 bits per heavy atom. The molecular formula is C27H21N3O2S. The maximum atomic E-state index is 12.5. The molecule has 0 saturated carbocycles. The van der Waals surface area contributed by atoms with E-state index in [4.69, 9.17) is 9.72 Å². The van der Waals surface area contributed by atoms with E-state index in [0.717, 1.165) is 33.5 Å². The highest BCUT2D eigenvalue weighted by Crippen LogP contribution is 2.26. The van der Waals surface area contributed by atoms with Crippen molar-refractivity contribution in [2.75, 3.05) is 7.11 Å². The van der Waals surface area contributed by atoms with Crippen LogP contribution in [0.25, 0.3) is 33.3 Å². The van der Waals surface area contributed by atoms with Crippen molar-refractivity contribution in [3.63, 3.8) is 0 Å². The second-order valence-electron chi connectivity index (χ2n) is 7.53. The number of methoxy groups -OCH3 is 1. The summed E-state index contributed by atoms with van der Waals surface area (Å²) < 4.78 is 5.29. The van der Waals surface area contributed by atoms with E-state index in [1.54, 1.807) is 13.3 Å². The van der Waals surface area contributed by atoms with Crippen molar-refractivity contribution in [1.29, 1.82) is 0 Å². The number of fused-ring (bicyclic) bond motifs is 1. The molecule has 0 unspecified atom stereocenters. The molecule has 5 rings (SSSR count). The molecule has 162 valence electrons. The number of aromatic amines is 1. The van der Waals surface area contributed by atoms with Crippen molar-refractivity contribution in [2.24, 2.45) is 0 Å². The van der Waals surface area contributed by atoms with E-state index in [1.165, 1.54) is 17.3 Å². The van der Waals surface area contributed by atoms with Crippen LogP contribution in [0.4, 0.5) is 0 Å². The summed E-state index contributed by atoms with van der Waals surface area (Å²) in [6, 6.07) is 28.0. The highest BCUT2D eigenvalue weighted by Gasteiger charge is 2.08. The fourth-order valence-corrected chi connectivity index (χ4v) is 4.44. The molecule has 0 aliphatic rings. The molecule has 6 heteroatoms. The lowest BCUT2D eigenvalue weighted by Gasteiger charge is -2.07. The molecule has 5 aromatic rings. The zero-order chi connectivity index (χ0) is 22.6. The summed E-state index contributed by atoms with van der Waals surface area (Å²) in [5.74, 6) is 1.22. The van der Waals surface area contributed by atoms with E-state index in [2.05, 4.69) is 46.4 Å². The second kappa shape index (κ2) is 9.30. The molecule has 0 amide bonds. The highest BCUT2D eigenvalue weighted by atomic mass is 32.2. The average molecular weight is 452 g/mol. The van der Waals surface area contributed by atoms with Gasteiger partial charge in [-0.25, -0.2) is 9.97 Å². The Morgan fingerprint density at radius 2 is 1.64 bits per heavy atom. The lowest BCUT2D eigenvalue weighted by atomic mass is 10.0. The Morgan fingerprint density at radius 1 is 0.879 bits per heavy atom. The van der Waals surface area contributed by atoms with Crippen LogP contribution in [0.5, 0.6) is 5.75 Å². The fourth-order valence-electron chi connectivity index (χ4n) is 3.64. The molecule has 0 bridgehead atoms. The number of hydrogen-bond donors (Lipinski definition) is 1. The smallest absolute Gasteiger partial charge is 0.252 e.